The third kappa shape index (κ3) is 4.00. The van der Waals surface area contributed by atoms with Crippen molar-refractivity contribution < 1.29 is 19.0 Å². The molecule has 2 heterocycles. The lowest BCUT2D eigenvalue weighted by Gasteiger charge is -2.30. The van der Waals surface area contributed by atoms with Crippen molar-refractivity contribution in [2.75, 3.05) is 53.4 Å². The first-order valence-electron chi connectivity index (χ1n) is 10.6. The molecular formula is C25H30N2O4. The summed E-state index contributed by atoms with van der Waals surface area (Å²) in [6.07, 6.45) is 3.79. The number of ether oxygens (including phenoxy) is 3. The summed E-state index contributed by atoms with van der Waals surface area (Å²) in [6, 6.07) is 9.83. The van der Waals surface area contributed by atoms with Crippen LogP contribution in [0, 0.1) is 0 Å². The highest BCUT2D eigenvalue weighted by Crippen LogP contribution is 2.50. The van der Waals surface area contributed by atoms with Crippen LogP contribution in [0.25, 0.3) is 6.08 Å². The molecule has 0 amide bonds. The number of likely N-dealkylation sites (tertiary alicyclic amines) is 1. The Morgan fingerprint density at radius 2 is 1.71 bits per heavy atom. The fraction of sp³-hybridized carbons (Fsp3) is 0.400. The smallest absolute Gasteiger partial charge is 0.235 e. The Kier molecular flexibility index (Phi) is 5.92. The van der Waals surface area contributed by atoms with E-state index in [9.17, 15) is 4.79 Å². The molecule has 0 atom stereocenters. The molecule has 2 aliphatic heterocycles. The van der Waals surface area contributed by atoms with Gasteiger partial charge in [-0.15, -0.1) is 0 Å². The molecule has 0 unspecified atom stereocenters. The highest BCUT2D eigenvalue weighted by molar-refractivity contribution is 6.16. The van der Waals surface area contributed by atoms with Crippen molar-refractivity contribution in [2.45, 2.75) is 18.8 Å². The van der Waals surface area contributed by atoms with Gasteiger partial charge in [-0.05, 0) is 62.7 Å². The number of hydrogen-bond donors (Lipinski definition) is 0. The molecule has 6 heteroatoms. The van der Waals surface area contributed by atoms with Gasteiger partial charge in [0.1, 0.15) is 22.8 Å². The van der Waals surface area contributed by atoms with E-state index < -0.39 is 0 Å². The Bertz CT molecular complexity index is 1000. The molecule has 0 spiro atoms. The fourth-order valence-corrected chi connectivity index (χ4v) is 4.36. The van der Waals surface area contributed by atoms with Crippen molar-refractivity contribution in [3.8, 4) is 17.2 Å². The van der Waals surface area contributed by atoms with Gasteiger partial charge in [0.25, 0.3) is 0 Å². The molecule has 1 saturated heterocycles. The fourth-order valence-electron chi connectivity index (χ4n) is 4.36. The lowest BCUT2D eigenvalue weighted by atomic mass is 9.86. The molecule has 0 aliphatic carbocycles. The zero-order valence-electron chi connectivity index (χ0n) is 18.9. The average Bonchev–Trinajstić information content (AvgIpc) is 3.09. The largest absolute Gasteiger partial charge is 0.496 e. The van der Waals surface area contributed by atoms with Gasteiger partial charge in [-0.2, -0.15) is 0 Å². The van der Waals surface area contributed by atoms with Crippen molar-refractivity contribution >= 4 is 17.5 Å². The van der Waals surface area contributed by atoms with Gasteiger partial charge in [0.15, 0.2) is 5.76 Å². The normalized spacial score (nSPS) is 18.1. The quantitative estimate of drug-likeness (QED) is 0.674. The van der Waals surface area contributed by atoms with Crippen molar-refractivity contribution in [2.24, 2.45) is 0 Å². The molecule has 0 radical (unpaired) electrons. The predicted molar refractivity (Wildman–Crippen MR) is 123 cm³/mol. The van der Waals surface area contributed by atoms with Crippen molar-refractivity contribution in [3.63, 3.8) is 0 Å². The number of anilines is 1. The van der Waals surface area contributed by atoms with Gasteiger partial charge < -0.3 is 24.0 Å². The summed E-state index contributed by atoms with van der Waals surface area (Å²) in [7, 11) is 9.35. The lowest BCUT2D eigenvalue weighted by molar-refractivity contribution is 0.101. The zero-order chi connectivity index (χ0) is 22.1. The van der Waals surface area contributed by atoms with Gasteiger partial charge in [-0.1, -0.05) is 12.1 Å². The van der Waals surface area contributed by atoms with Crippen LogP contribution in [-0.4, -0.2) is 59.1 Å². The number of carbonyl (C=O) groups excluding carboxylic acids is 1. The van der Waals surface area contributed by atoms with E-state index in [1.807, 2.05) is 49.3 Å². The number of Topliss-reactive ketones (excluding diaryl/α,β-unsaturated/α-hetero) is 1. The molecule has 4 rings (SSSR count). The van der Waals surface area contributed by atoms with Crippen LogP contribution in [0.2, 0.25) is 0 Å². The average molecular weight is 423 g/mol. The maximum Gasteiger partial charge on any atom is 0.235 e. The van der Waals surface area contributed by atoms with E-state index >= 15 is 0 Å². The lowest BCUT2D eigenvalue weighted by Crippen LogP contribution is -2.29. The number of allylic oxidation sites excluding steroid dienone is 1. The van der Waals surface area contributed by atoms with E-state index in [1.165, 1.54) is 0 Å². The Balaban J connectivity index is 1.75. The molecule has 2 aliphatic rings. The first-order valence-corrected chi connectivity index (χ1v) is 10.6. The van der Waals surface area contributed by atoms with Crippen LogP contribution in [0.1, 0.15) is 40.2 Å². The van der Waals surface area contributed by atoms with Crippen LogP contribution >= 0.6 is 0 Å². The number of nitrogens with zero attached hydrogens (tertiary/aromatic N) is 2. The molecule has 0 saturated carbocycles. The van der Waals surface area contributed by atoms with E-state index in [-0.39, 0.29) is 11.7 Å². The molecule has 164 valence electrons. The molecule has 0 bridgehead atoms. The summed E-state index contributed by atoms with van der Waals surface area (Å²) < 4.78 is 17.5. The summed E-state index contributed by atoms with van der Waals surface area (Å²) >= 11 is 0. The van der Waals surface area contributed by atoms with Crippen LogP contribution in [0.3, 0.4) is 0 Å². The number of fused-ring (bicyclic) bond motifs is 1. The minimum atomic E-state index is -0.152. The minimum absolute atomic E-state index is 0.152. The Morgan fingerprint density at radius 1 is 1.06 bits per heavy atom. The van der Waals surface area contributed by atoms with Crippen molar-refractivity contribution in [1.82, 2.24) is 4.90 Å². The van der Waals surface area contributed by atoms with Crippen LogP contribution in [0.4, 0.5) is 5.69 Å². The summed E-state index contributed by atoms with van der Waals surface area (Å²) in [5, 5.41) is 0. The predicted octanol–water partition coefficient (Wildman–Crippen LogP) is 4.20. The van der Waals surface area contributed by atoms with Gasteiger partial charge in [0.2, 0.25) is 5.78 Å². The van der Waals surface area contributed by atoms with Gasteiger partial charge in [-0.25, -0.2) is 0 Å². The third-order valence-corrected chi connectivity index (χ3v) is 6.18. The van der Waals surface area contributed by atoms with Crippen LogP contribution in [0.5, 0.6) is 17.2 Å². The molecule has 0 N–H and O–H groups in total. The van der Waals surface area contributed by atoms with Gasteiger partial charge in [0.05, 0.1) is 14.2 Å². The van der Waals surface area contributed by atoms with E-state index in [0.717, 1.165) is 48.5 Å². The molecule has 31 heavy (non-hydrogen) atoms. The second-order valence-corrected chi connectivity index (χ2v) is 8.40. The Labute approximate surface area is 184 Å². The van der Waals surface area contributed by atoms with Crippen LogP contribution < -0.4 is 19.1 Å². The molecular weight excluding hydrogens is 392 g/mol. The number of rotatable bonds is 5. The zero-order valence-corrected chi connectivity index (χ0v) is 18.9. The number of piperidine rings is 1. The highest BCUT2D eigenvalue weighted by Gasteiger charge is 2.38. The van der Waals surface area contributed by atoms with Crippen molar-refractivity contribution in [3.05, 3.63) is 52.8 Å². The Morgan fingerprint density at radius 3 is 2.29 bits per heavy atom. The number of benzene rings is 2. The minimum Gasteiger partial charge on any atom is -0.496 e. The SMILES string of the molecule is COc1cc(OC)c(C2CCN(C)CC2)c2c1C(=O)/C(=C/c1ccc(N(C)C)cc1)O2. The number of carbonyl (C=O) groups is 1. The second-order valence-electron chi connectivity index (χ2n) is 8.40. The standard InChI is InChI=1S/C25H30N2O4/c1-26(2)18-8-6-16(7-9-18)14-21-24(28)23-20(30-5)15-19(29-4)22(25(23)31-21)17-10-12-27(3)13-11-17/h6-9,14-15,17H,10-13H2,1-5H3/b21-14-. The van der Waals surface area contributed by atoms with Crippen LogP contribution in [0.15, 0.2) is 36.1 Å². The first kappa shape index (κ1) is 21.2. The third-order valence-electron chi connectivity index (χ3n) is 6.18. The summed E-state index contributed by atoms with van der Waals surface area (Å²) in [5.74, 6) is 2.23. The number of ketones is 1. The van der Waals surface area contributed by atoms with Crippen molar-refractivity contribution in [1.29, 1.82) is 0 Å². The van der Waals surface area contributed by atoms with Gasteiger partial charge >= 0.3 is 0 Å². The molecule has 2 aromatic rings. The maximum absolute atomic E-state index is 13.3. The van der Waals surface area contributed by atoms with Gasteiger partial charge in [0, 0.05) is 31.4 Å². The highest BCUT2D eigenvalue weighted by atomic mass is 16.5. The van der Waals surface area contributed by atoms with E-state index in [1.54, 1.807) is 20.3 Å². The Hall–Kier alpha value is -2.99. The van der Waals surface area contributed by atoms with Gasteiger partial charge in [-0.3, -0.25) is 4.79 Å². The number of methoxy groups -OCH3 is 2. The second kappa shape index (κ2) is 8.63. The van der Waals surface area contributed by atoms with Crippen LogP contribution in [-0.2, 0) is 0 Å². The van der Waals surface area contributed by atoms with E-state index in [0.29, 0.717) is 22.8 Å². The topological polar surface area (TPSA) is 51.2 Å². The van der Waals surface area contributed by atoms with E-state index in [4.69, 9.17) is 14.2 Å². The molecule has 1 fully saturated rings. The number of hydrogen-bond acceptors (Lipinski definition) is 6. The maximum atomic E-state index is 13.3. The monoisotopic (exact) mass is 422 g/mol. The summed E-state index contributed by atoms with van der Waals surface area (Å²) in [5.41, 5.74) is 3.48. The molecule has 2 aromatic carbocycles. The summed E-state index contributed by atoms with van der Waals surface area (Å²) in [6.45, 7) is 2.01. The molecule has 0 aromatic heterocycles. The summed E-state index contributed by atoms with van der Waals surface area (Å²) in [4.78, 5) is 17.7. The van der Waals surface area contributed by atoms with E-state index in [2.05, 4.69) is 11.9 Å². The first-order chi connectivity index (χ1) is 14.9. The molecule has 6 nitrogen and oxygen atoms in total.